The Bertz CT molecular complexity index is 1370. The van der Waals surface area contributed by atoms with Crippen molar-refractivity contribution in [3.05, 3.63) is 104 Å². The molecule has 13 heteroatoms. The Balaban J connectivity index is 1.71. The number of nitrogens with one attached hydrogen (secondary N) is 1. The summed E-state index contributed by atoms with van der Waals surface area (Å²) in [6.07, 6.45) is 1.21. The Morgan fingerprint density at radius 1 is 0.909 bits per heavy atom. The lowest BCUT2D eigenvalue weighted by atomic mass is 10.2. The molecule has 1 amide bonds. The second-order valence-electron chi connectivity index (χ2n) is 6.37. The van der Waals surface area contributed by atoms with Gasteiger partial charge in [0, 0.05) is 29.8 Å². The van der Waals surface area contributed by atoms with Gasteiger partial charge in [0.2, 0.25) is 0 Å². The number of nitro benzene ring substituents is 2. The van der Waals surface area contributed by atoms with E-state index in [0.717, 1.165) is 24.3 Å². The fraction of sp³-hybridized carbons (Fsp3) is 0. The second kappa shape index (κ2) is 9.65. The molecule has 3 aromatic carbocycles. The topological polar surface area (TPSA) is 171 Å². The summed E-state index contributed by atoms with van der Waals surface area (Å²) in [5, 5.41) is 25.4. The van der Waals surface area contributed by atoms with Gasteiger partial charge in [-0.1, -0.05) is 24.3 Å². The van der Waals surface area contributed by atoms with Crippen molar-refractivity contribution in [1.82, 2.24) is 5.43 Å². The van der Waals surface area contributed by atoms with Crippen molar-refractivity contribution in [2.24, 2.45) is 5.10 Å². The number of carbonyl (C=O) groups excluding carboxylic acids is 1. The lowest BCUT2D eigenvalue weighted by Gasteiger charge is -2.07. The van der Waals surface area contributed by atoms with Crippen LogP contribution in [0.5, 0.6) is 5.75 Å². The lowest BCUT2D eigenvalue weighted by Crippen LogP contribution is -2.17. The van der Waals surface area contributed by atoms with E-state index in [1.807, 2.05) is 0 Å². The lowest BCUT2D eigenvalue weighted by molar-refractivity contribution is -0.385. The molecular formula is C20H14N4O8S. The number of non-ortho nitro benzene ring substituents is 2. The molecule has 3 rings (SSSR count). The van der Waals surface area contributed by atoms with Gasteiger partial charge in [0.1, 0.15) is 10.6 Å². The highest BCUT2D eigenvalue weighted by Gasteiger charge is 2.20. The van der Waals surface area contributed by atoms with Crippen molar-refractivity contribution in [3.8, 4) is 5.75 Å². The second-order valence-corrected chi connectivity index (χ2v) is 7.92. The van der Waals surface area contributed by atoms with Crippen LogP contribution in [0.2, 0.25) is 0 Å². The van der Waals surface area contributed by atoms with Gasteiger partial charge >= 0.3 is 10.1 Å². The number of hydrogen-bond donors (Lipinski definition) is 1. The molecule has 0 atom stereocenters. The Labute approximate surface area is 186 Å². The molecule has 0 spiro atoms. The molecule has 1 N–H and O–H groups in total. The number of carbonyl (C=O) groups is 1. The molecule has 0 bridgehead atoms. The van der Waals surface area contributed by atoms with Crippen molar-refractivity contribution in [3.63, 3.8) is 0 Å². The minimum Gasteiger partial charge on any atom is -0.379 e. The summed E-state index contributed by atoms with van der Waals surface area (Å²) in [6.45, 7) is 0. The molecule has 0 radical (unpaired) electrons. The molecule has 0 aliphatic heterocycles. The summed E-state index contributed by atoms with van der Waals surface area (Å²) < 4.78 is 29.9. The van der Waals surface area contributed by atoms with Crippen LogP contribution in [0.3, 0.4) is 0 Å². The highest BCUT2D eigenvalue weighted by atomic mass is 32.2. The van der Waals surface area contributed by atoms with Crippen LogP contribution in [0, 0.1) is 20.2 Å². The number of benzene rings is 3. The average molecular weight is 470 g/mol. The molecule has 0 fully saturated rings. The monoisotopic (exact) mass is 470 g/mol. The minimum atomic E-state index is -4.34. The highest BCUT2D eigenvalue weighted by molar-refractivity contribution is 7.87. The van der Waals surface area contributed by atoms with E-state index >= 15 is 0 Å². The quantitative estimate of drug-likeness (QED) is 0.226. The van der Waals surface area contributed by atoms with E-state index in [1.165, 1.54) is 48.7 Å². The first-order chi connectivity index (χ1) is 15.7. The zero-order chi connectivity index (χ0) is 24.0. The Morgan fingerprint density at radius 2 is 1.55 bits per heavy atom. The highest BCUT2D eigenvalue weighted by Crippen LogP contribution is 2.22. The summed E-state index contributed by atoms with van der Waals surface area (Å²) >= 11 is 0. The van der Waals surface area contributed by atoms with Crippen molar-refractivity contribution < 1.29 is 27.2 Å². The third-order valence-corrected chi connectivity index (χ3v) is 5.32. The predicted octanol–water partition coefficient (Wildman–Crippen LogP) is 3.03. The number of hydrazone groups is 1. The molecule has 0 aliphatic carbocycles. The van der Waals surface area contributed by atoms with E-state index in [-0.39, 0.29) is 21.9 Å². The molecule has 0 aromatic heterocycles. The van der Waals surface area contributed by atoms with Gasteiger partial charge in [-0.15, -0.1) is 0 Å². The number of nitro groups is 2. The maximum Gasteiger partial charge on any atom is 0.339 e. The van der Waals surface area contributed by atoms with Crippen LogP contribution in [0.15, 0.2) is 82.8 Å². The molecule has 33 heavy (non-hydrogen) atoms. The van der Waals surface area contributed by atoms with Gasteiger partial charge in [-0.2, -0.15) is 13.5 Å². The Hall–Kier alpha value is -4.65. The molecular weight excluding hydrogens is 456 g/mol. The molecule has 0 unspecified atom stereocenters. The number of hydrogen-bond acceptors (Lipinski definition) is 9. The smallest absolute Gasteiger partial charge is 0.339 e. The zero-order valence-electron chi connectivity index (χ0n) is 16.5. The molecule has 0 aliphatic rings. The van der Waals surface area contributed by atoms with Crippen LogP contribution in [0.4, 0.5) is 11.4 Å². The van der Waals surface area contributed by atoms with Crippen molar-refractivity contribution in [1.29, 1.82) is 0 Å². The molecule has 0 saturated heterocycles. The fourth-order valence-corrected chi connectivity index (χ4v) is 3.53. The summed E-state index contributed by atoms with van der Waals surface area (Å²) in [5.41, 5.74) is 1.95. The van der Waals surface area contributed by atoms with Crippen molar-refractivity contribution in [2.45, 2.75) is 4.90 Å². The summed E-state index contributed by atoms with van der Waals surface area (Å²) in [7, 11) is -4.34. The molecule has 3 aromatic rings. The van der Waals surface area contributed by atoms with Crippen LogP contribution < -0.4 is 9.61 Å². The van der Waals surface area contributed by atoms with Gasteiger partial charge in [0.25, 0.3) is 17.3 Å². The van der Waals surface area contributed by atoms with Crippen LogP contribution in [0.1, 0.15) is 15.9 Å². The van der Waals surface area contributed by atoms with Gasteiger partial charge in [-0.3, -0.25) is 25.0 Å². The van der Waals surface area contributed by atoms with Gasteiger partial charge in [-0.25, -0.2) is 5.43 Å². The van der Waals surface area contributed by atoms with E-state index in [2.05, 4.69) is 10.5 Å². The molecule has 12 nitrogen and oxygen atoms in total. The predicted molar refractivity (Wildman–Crippen MR) is 116 cm³/mol. The first kappa shape index (κ1) is 23.0. The number of nitrogens with zero attached hydrogens (tertiary/aromatic N) is 3. The zero-order valence-corrected chi connectivity index (χ0v) is 17.3. The van der Waals surface area contributed by atoms with E-state index in [9.17, 15) is 33.4 Å². The third-order valence-electron chi connectivity index (χ3n) is 4.08. The normalized spacial score (nSPS) is 11.2. The van der Waals surface area contributed by atoms with E-state index in [0.29, 0.717) is 5.56 Å². The Morgan fingerprint density at radius 3 is 2.24 bits per heavy atom. The van der Waals surface area contributed by atoms with Gasteiger partial charge in [-0.05, 0) is 29.8 Å². The summed E-state index contributed by atoms with van der Waals surface area (Å²) in [5.74, 6) is -0.772. The average Bonchev–Trinajstić information content (AvgIpc) is 2.79. The van der Waals surface area contributed by atoms with Crippen LogP contribution in [-0.4, -0.2) is 30.4 Å². The fourth-order valence-electron chi connectivity index (χ4n) is 2.56. The van der Waals surface area contributed by atoms with E-state index in [1.54, 1.807) is 6.07 Å². The summed E-state index contributed by atoms with van der Waals surface area (Å²) in [6, 6.07) is 15.2. The maximum absolute atomic E-state index is 12.4. The van der Waals surface area contributed by atoms with Crippen LogP contribution in [-0.2, 0) is 10.1 Å². The van der Waals surface area contributed by atoms with Gasteiger partial charge in [0.05, 0.1) is 16.1 Å². The minimum absolute atomic E-state index is 0.0291. The van der Waals surface area contributed by atoms with Crippen molar-refractivity contribution >= 4 is 33.6 Å². The van der Waals surface area contributed by atoms with E-state index < -0.39 is 31.6 Å². The molecule has 168 valence electrons. The molecule has 0 saturated carbocycles. The van der Waals surface area contributed by atoms with Crippen LogP contribution in [0.25, 0.3) is 0 Å². The van der Waals surface area contributed by atoms with Gasteiger partial charge < -0.3 is 4.18 Å². The Kier molecular flexibility index (Phi) is 6.74. The first-order valence-electron chi connectivity index (χ1n) is 9.02. The number of amides is 1. The summed E-state index contributed by atoms with van der Waals surface area (Å²) in [4.78, 5) is 32.0. The van der Waals surface area contributed by atoms with Crippen molar-refractivity contribution in [2.75, 3.05) is 0 Å². The number of rotatable bonds is 8. The standard InChI is InChI=1S/C20H14N4O8S/c25-20(15-5-2-6-16(11-15)23(26)27)22-21-13-14-4-1-8-18(10-14)32-33(30,31)19-9-3-7-17(12-19)24(28)29/h1-13H,(H,22,25)/b21-13-. The first-order valence-corrected chi connectivity index (χ1v) is 10.4. The van der Waals surface area contributed by atoms with E-state index in [4.69, 9.17) is 4.18 Å². The SMILES string of the molecule is O=C(N/N=C\c1cccc(OS(=O)(=O)c2cccc([N+](=O)[O-])c2)c1)c1cccc([N+](=O)[O-])c1. The van der Waals surface area contributed by atoms with Crippen LogP contribution >= 0.6 is 0 Å². The van der Waals surface area contributed by atoms with Gasteiger partial charge in [0.15, 0.2) is 0 Å². The maximum atomic E-state index is 12.4. The molecule has 0 heterocycles. The largest absolute Gasteiger partial charge is 0.379 e. The third kappa shape index (κ3) is 5.95.